The summed E-state index contributed by atoms with van der Waals surface area (Å²) in [5, 5.41) is 5.21. The van der Waals surface area contributed by atoms with Crippen LogP contribution in [0.4, 0.5) is 5.13 Å². The van der Waals surface area contributed by atoms with Gasteiger partial charge < -0.3 is 15.3 Å². The van der Waals surface area contributed by atoms with Crippen molar-refractivity contribution in [1.29, 1.82) is 0 Å². The Hall–Kier alpha value is -2.16. The maximum absolute atomic E-state index is 11.4. The molecule has 0 aliphatic rings. The van der Waals surface area contributed by atoms with Crippen molar-refractivity contribution in [1.82, 2.24) is 10.7 Å². The highest BCUT2D eigenvalue weighted by Crippen LogP contribution is 2.15. The molecule has 1 rings (SSSR count). The third kappa shape index (κ3) is 3.65. The molecule has 0 fully saturated rings. The van der Waals surface area contributed by atoms with Gasteiger partial charge in [-0.25, -0.2) is 9.78 Å². The van der Waals surface area contributed by atoms with Crippen LogP contribution in [0.1, 0.15) is 19.5 Å². The van der Waals surface area contributed by atoms with Gasteiger partial charge in [-0.05, 0) is 13.8 Å². The van der Waals surface area contributed by atoms with E-state index in [2.05, 4.69) is 14.9 Å². The van der Waals surface area contributed by atoms with Gasteiger partial charge in [0.15, 0.2) is 10.8 Å². The largest absolute Gasteiger partial charge is 0.466 e. The van der Waals surface area contributed by atoms with Gasteiger partial charge in [0, 0.05) is 5.38 Å². The summed E-state index contributed by atoms with van der Waals surface area (Å²) in [5.41, 5.74) is 11.0. The third-order valence-electron chi connectivity index (χ3n) is 2.02. The van der Waals surface area contributed by atoms with E-state index in [-0.39, 0.29) is 16.5 Å². The summed E-state index contributed by atoms with van der Waals surface area (Å²) < 4.78 is 4.52. The molecule has 0 atom stereocenters. The van der Waals surface area contributed by atoms with Gasteiger partial charge in [-0.3, -0.25) is 10.5 Å². The molecule has 1 aromatic heterocycles. The SMILES string of the molecule is COC(=O)C(C)(C)ON=C(C([NH])=O)c1csc(N)n1. The van der Waals surface area contributed by atoms with Gasteiger partial charge in [-0.2, -0.15) is 0 Å². The molecule has 1 radical (unpaired) electrons. The first-order valence-electron chi connectivity index (χ1n) is 5.10. The lowest BCUT2D eigenvalue weighted by Crippen LogP contribution is -2.35. The van der Waals surface area contributed by atoms with Crippen LogP contribution in [0.2, 0.25) is 0 Å². The second kappa shape index (κ2) is 5.65. The summed E-state index contributed by atoms with van der Waals surface area (Å²) in [6.07, 6.45) is 0. The summed E-state index contributed by atoms with van der Waals surface area (Å²) in [7, 11) is 1.20. The standard InChI is InChI=1S/C10H13N4O4S/c1-10(2,8(16)17-3)18-14-6(7(11)15)5-4-19-9(12)13-5/h4,11H,1-3H3,(H2,12,13). The van der Waals surface area contributed by atoms with Crippen molar-refractivity contribution in [2.45, 2.75) is 19.4 Å². The molecule has 0 aliphatic heterocycles. The predicted octanol–water partition coefficient (Wildman–Crippen LogP) is 0.207. The molecule has 1 amide bonds. The molecule has 8 nitrogen and oxygen atoms in total. The first-order valence-corrected chi connectivity index (χ1v) is 5.97. The Morgan fingerprint density at radius 3 is 2.58 bits per heavy atom. The molecule has 3 N–H and O–H groups in total. The molecule has 0 saturated heterocycles. The highest BCUT2D eigenvalue weighted by Gasteiger charge is 2.32. The number of carbonyl (C=O) groups is 2. The number of nitrogens with two attached hydrogens (primary N) is 1. The molecule has 0 spiro atoms. The molecular formula is C10H13N4O4S. The molecule has 0 aliphatic carbocycles. The molecule has 19 heavy (non-hydrogen) atoms. The third-order valence-corrected chi connectivity index (χ3v) is 2.70. The van der Waals surface area contributed by atoms with E-state index in [1.165, 1.54) is 26.3 Å². The van der Waals surface area contributed by atoms with Crippen LogP contribution in [0.15, 0.2) is 10.5 Å². The van der Waals surface area contributed by atoms with Crippen LogP contribution in [0.3, 0.4) is 0 Å². The normalized spacial score (nSPS) is 12.1. The van der Waals surface area contributed by atoms with Gasteiger partial charge in [0.2, 0.25) is 5.60 Å². The fraction of sp³-hybridized carbons (Fsp3) is 0.400. The van der Waals surface area contributed by atoms with Crippen molar-refractivity contribution in [2.24, 2.45) is 5.16 Å². The first kappa shape index (κ1) is 14.9. The van der Waals surface area contributed by atoms with Gasteiger partial charge in [0.1, 0.15) is 5.69 Å². The minimum absolute atomic E-state index is 0.128. The van der Waals surface area contributed by atoms with Crippen LogP contribution >= 0.6 is 11.3 Å². The quantitative estimate of drug-likeness (QED) is 0.468. The molecule has 0 unspecified atom stereocenters. The van der Waals surface area contributed by atoms with Gasteiger partial charge in [-0.15, -0.1) is 11.3 Å². The van der Waals surface area contributed by atoms with E-state index < -0.39 is 17.5 Å². The maximum Gasteiger partial charge on any atom is 0.352 e. The number of nitrogens with zero attached hydrogens (tertiary/aromatic N) is 2. The summed E-state index contributed by atoms with van der Waals surface area (Å²) in [5.74, 6) is -1.75. The molecule has 0 bridgehead atoms. The number of nitrogens with one attached hydrogen (secondary N) is 1. The molecule has 1 heterocycles. The van der Waals surface area contributed by atoms with E-state index in [4.69, 9.17) is 16.3 Å². The molecule has 103 valence electrons. The Morgan fingerprint density at radius 2 is 2.16 bits per heavy atom. The lowest BCUT2D eigenvalue weighted by molar-refractivity contribution is -0.165. The van der Waals surface area contributed by atoms with Gasteiger partial charge >= 0.3 is 5.97 Å². The number of nitrogen functional groups attached to an aromatic ring is 1. The van der Waals surface area contributed by atoms with Crippen molar-refractivity contribution in [3.05, 3.63) is 11.1 Å². The van der Waals surface area contributed by atoms with Crippen molar-refractivity contribution in [3.63, 3.8) is 0 Å². The lowest BCUT2D eigenvalue weighted by atomic mass is 10.1. The van der Waals surface area contributed by atoms with E-state index in [0.717, 1.165) is 11.3 Å². The van der Waals surface area contributed by atoms with Crippen LogP contribution in [-0.2, 0) is 19.2 Å². The number of carbonyl (C=O) groups excluding carboxylic acids is 2. The number of oxime groups is 1. The summed E-state index contributed by atoms with van der Waals surface area (Å²) in [6.45, 7) is 2.84. The number of esters is 1. The first-order chi connectivity index (χ1) is 8.77. The number of aromatic nitrogens is 1. The number of amides is 1. The Labute approximate surface area is 113 Å². The highest BCUT2D eigenvalue weighted by molar-refractivity contribution is 7.13. The zero-order valence-corrected chi connectivity index (χ0v) is 11.4. The lowest BCUT2D eigenvalue weighted by Gasteiger charge is -2.18. The fourth-order valence-corrected chi connectivity index (χ4v) is 1.59. The van der Waals surface area contributed by atoms with Crippen LogP contribution < -0.4 is 11.5 Å². The van der Waals surface area contributed by atoms with E-state index in [0.29, 0.717) is 0 Å². The summed E-state index contributed by atoms with van der Waals surface area (Å²) >= 11 is 1.10. The molecule has 9 heteroatoms. The second-order valence-corrected chi connectivity index (χ2v) is 4.82. The van der Waals surface area contributed by atoms with E-state index in [9.17, 15) is 9.59 Å². The average molecular weight is 285 g/mol. The fourth-order valence-electron chi connectivity index (χ4n) is 1.04. The second-order valence-electron chi connectivity index (χ2n) is 3.93. The smallest absolute Gasteiger partial charge is 0.352 e. The summed E-state index contributed by atoms with van der Waals surface area (Å²) in [6, 6.07) is 0. The van der Waals surface area contributed by atoms with Gasteiger partial charge in [0.25, 0.3) is 5.91 Å². The van der Waals surface area contributed by atoms with Crippen molar-refractivity contribution < 1.29 is 19.2 Å². The van der Waals surface area contributed by atoms with Gasteiger partial charge in [0.05, 0.1) is 7.11 Å². The highest BCUT2D eigenvalue weighted by atomic mass is 32.1. The Kier molecular flexibility index (Phi) is 4.43. The predicted molar refractivity (Wildman–Crippen MR) is 68.3 cm³/mol. The molecule has 1 aromatic rings. The number of anilines is 1. The number of thiazole rings is 1. The number of methoxy groups -OCH3 is 1. The van der Waals surface area contributed by atoms with Crippen LogP contribution in [0, 0.1) is 0 Å². The van der Waals surface area contributed by atoms with E-state index in [1.807, 2.05) is 0 Å². The van der Waals surface area contributed by atoms with Crippen molar-refractivity contribution >= 4 is 34.1 Å². The molecule has 0 saturated carbocycles. The number of hydrogen-bond acceptors (Lipinski definition) is 8. The average Bonchev–Trinajstić information content (AvgIpc) is 2.74. The van der Waals surface area contributed by atoms with Crippen LogP contribution in [0.5, 0.6) is 0 Å². The van der Waals surface area contributed by atoms with Crippen molar-refractivity contribution in [3.8, 4) is 0 Å². The Balaban J connectivity index is 2.98. The molecular weight excluding hydrogens is 272 g/mol. The Bertz CT molecular complexity index is 523. The van der Waals surface area contributed by atoms with E-state index >= 15 is 0 Å². The number of rotatable bonds is 5. The Morgan fingerprint density at radius 1 is 1.53 bits per heavy atom. The van der Waals surface area contributed by atoms with Crippen molar-refractivity contribution in [2.75, 3.05) is 12.8 Å². The summed E-state index contributed by atoms with van der Waals surface area (Å²) in [4.78, 5) is 31.3. The number of ether oxygens (including phenoxy) is 1. The zero-order valence-electron chi connectivity index (χ0n) is 10.6. The molecule has 0 aromatic carbocycles. The number of hydrogen-bond donors (Lipinski definition) is 1. The van der Waals surface area contributed by atoms with Gasteiger partial charge in [-0.1, -0.05) is 5.16 Å². The van der Waals surface area contributed by atoms with E-state index in [1.54, 1.807) is 0 Å². The van der Waals surface area contributed by atoms with Crippen LogP contribution in [-0.4, -0.2) is 35.3 Å². The topological polar surface area (TPSA) is 128 Å². The maximum atomic E-state index is 11.4. The zero-order chi connectivity index (χ0) is 14.6. The minimum Gasteiger partial charge on any atom is -0.466 e. The monoisotopic (exact) mass is 285 g/mol. The van der Waals surface area contributed by atoms with Crippen LogP contribution in [0.25, 0.3) is 0 Å². The minimum atomic E-state index is -1.38.